The number of thioether (sulfide) groups is 1. The summed E-state index contributed by atoms with van der Waals surface area (Å²) in [4.78, 5) is 0. The molecule has 0 aliphatic carbocycles. The molecule has 0 bridgehead atoms. The molecule has 1 N–H and O–H groups in total. The average molecular weight is 238 g/mol. The minimum Gasteiger partial charge on any atom is -0.367 e. The van der Waals surface area contributed by atoms with Crippen LogP contribution in [0.5, 0.6) is 0 Å². The maximum atomic E-state index is 5.76. The van der Waals surface area contributed by atoms with Gasteiger partial charge < -0.3 is 5.32 Å². The van der Waals surface area contributed by atoms with Gasteiger partial charge in [-0.1, -0.05) is 18.5 Å². The van der Waals surface area contributed by atoms with Gasteiger partial charge in [0, 0.05) is 11.8 Å². The normalized spacial score (nSPS) is 12.8. The van der Waals surface area contributed by atoms with E-state index in [1.54, 1.807) is 0 Å². The van der Waals surface area contributed by atoms with Crippen molar-refractivity contribution in [3.05, 3.63) is 5.15 Å². The predicted molar refractivity (Wildman–Crippen MR) is 61.0 cm³/mol. The zero-order valence-electron chi connectivity index (χ0n) is 7.58. The van der Waals surface area contributed by atoms with Crippen LogP contribution in [-0.2, 0) is 0 Å². The second-order valence-corrected chi connectivity index (χ2v) is 4.83. The topological polar surface area (TPSA) is 37.8 Å². The van der Waals surface area contributed by atoms with E-state index in [0.29, 0.717) is 16.2 Å². The van der Waals surface area contributed by atoms with Crippen LogP contribution < -0.4 is 5.32 Å². The Morgan fingerprint density at radius 3 is 2.92 bits per heavy atom. The minimum atomic E-state index is 0.474. The van der Waals surface area contributed by atoms with Crippen LogP contribution in [0.1, 0.15) is 13.3 Å². The van der Waals surface area contributed by atoms with Gasteiger partial charge in [0.05, 0.1) is 11.7 Å². The second kappa shape index (κ2) is 5.67. The highest BCUT2D eigenvalue weighted by atomic mass is 35.5. The molecule has 0 amide bonds. The Hall–Kier alpha value is -0.0000000000000000555. The van der Waals surface area contributed by atoms with E-state index in [9.17, 15) is 0 Å². The molecule has 1 rings (SSSR count). The Bertz CT molecular complexity index is 254. The standard InChI is InChI=1S/C7H12ClN3S2/c1-5(12-2)3-4-9-7-6(8)10-13-11-7/h5H,3-4H2,1-2H3,(H,9,11). The molecular weight excluding hydrogens is 226 g/mol. The molecule has 0 aromatic carbocycles. The highest BCUT2D eigenvalue weighted by Crippen LogP contribution is 2.18. The molecule has 3 nitrogen and oxygen atoms in total. The third-order valence-corrected chi connectivity index (χ3v) is 3.63. The summed E-state index contributed by atoms with van der Waals surface area (Å²) < 4.78 is 7.88. The lowest BCUT2D eigenvalue weighted by molar-refractivity contribution is 0.851. The van der Waals surface area contributed by atoms with Crippen LogP contribution in [0.25, 0.3) is 0 Å². The van der Waals surface area contributed by atoms with Crippen LogP contribution in [0, 0.1) is 0 Å². The fourth-order valence-electron chi connectivity index (χ4n) is 0.795. The molecular formula is C7H12ClN3S2. The van der Waals surface area contributed by atoms with Gasteiger partial charge in [-0.3, -0.25) is 0 Å². The number of aromatic nitrogens is 2. The van der Waals surface area contributed by atoms with Crippen LogP contribution in [-0.4, -0.2) is 26.8 Å². The molecule has 0 spiro atoms. The largest absolute Gasteiger partial charge is 0.367 e. The van der Waals surface area contributed by atoms with E-state index in [1.165, 1.54) is 0 Å². The monoisotopic (exact) mass is 237 g/mol. The second-order valence-electron chi connectivity index (χ2n) is 2.67. The van der Waals surface area contributed by atoms with Crippen LogP contribution in [0.2, 0.25) is 5.15 Å². The zero-order valence-corrected chi connectivity index (χ0v) is 9.97. The summed E-state index contributed by atoms with van der Waals surface area (Å²) in [6.07, 6.45) is 3.22. The number of nitrogens with zero attached hydrogens (tertiary/aromatic N) is 2. The van der Waals surface area contributed by atoms with Gasteiger partial charge in [-0.05, 0) is 12.7 Å². The Kier molecular flexibility index (Phi) is 4.83. The van der Waals surface area contributed by atoms with Crippen molar-refractivity contribution < 1.29 is 0 Å². The van der Waals surface area contributed by atoms with Crippen LogP contribution in [0.15, 0.2) is 0 Å². The smallest absolute Gasteiger partial charge is 0.186 e. The first-order valence-corrected chi connectivity index (χ1v) is 6.38. The Morgan fingerprint density at radius 1 is 1.62 bits per heavy atom. The van der Waals surface area contributed by atoms with Crippen molar-refractivity contribution in [2.24, 2.45) is 0 Å². The van der Waals surface area contributed by atoms with Crippen molar-refractivity contribution in [3.63, 3.8) is 0 Å². The van der Waals surface area contributed by atoms with Gasteiger partial charge in [0.15, 0.2) is 11.0 Å². The zero-order chi connectivity index (χ0) is 9.68. The van der Waals surface area contributed by atoms with E-state index in [4.69, 9.17) is 11.6 Å². The fourth-order valence-corrected chi connectivity index (χ4v) is 1.83. The summed E-state index contributed by atoms with van der Waals surface area (Å²) in [6.45, 7) is 3.10. The lowest BCUT2D eigenvalue weighted by Gasteiger charge is -2.07. The quantitative estimate of drug-likeness (QED) is 0.855. The Labute approximate surface area is 91.6 Å². The van der Waals surface area contributed by atoms with Gasteiger partial charge in [-0.2, -0.15) is 20.5 Å². The maximum Gasteiger partial charge on any atom is 0.186 e. The van der Waals surface area contributed by atoms with Crippen molar-refractivity contribution in [3.8, 4) is 0 Å². The first-order chi connectivity index (χ1) is 6.24. The highest BCUT2D eigenvalue weighted by Gasteiger charge is 2.04. The number of hydrogen-bond acceptors (Lipinski definition) is 5. The van der Waals surface area contributed by atoms with E-state index < -0.39 is 0 Å². The summed E-state index contributed by atoms with van der Waals surface area (Å²) in [5.74, 6) is 0.708. The van der Waals surface area contributed by atoms with E-state index in [0.717, 1.165) is 24.7 Å². The van der Waals surface area contributed by atoms with Gasteiger partial charge in [0.2, 0.25) is 0 Å². The third-order valence-electron chi connectivity index (χ3n) is 1.69. The molecule has 0 aliphatic heterocycles. The number of rotatable bonds is 5. The predicted octanol–water partition coefficient (Wildman–Crippen LogP) is 2.75. The molecule has 0 saturated carbocycles. The van der Waals surface area contributed by atoms with Crippen molar-refractivity contribution in [2.45, 2.75) is 18.6 Å². The van der Waals surface area contributed by atoms with Crippen molar-refractivity contribution >= 4 is 40.9 Å². The lowest BCUT2D eigenvalue weighted by atomic mass is 10.3. The van der Waals surface area contributed by atoms with Gasteiger partial charge in [0.25, 0.3) is 0 Å². The Balaban J connectivity index is 2.24. The molecule has 6 heteroatoms. The van der Waals surface area contributed by atoms with E-state index in [2.05, 4.69) is 27.2 Å². The van der Waals surface area contributed by atoms with E-state index in [1.807, 2.05) is 11.8 Å². The van der Waals surface area contributed by atoms with Gasteiger partial charge >= 0.3 is 0 Å². The molecule has 74 valence electrons. The van der Waals surface area contributed by atoms with Crippen LogP contribution in [0.4, 0.5) is 5.82 Å². The third kappa shape index (κ3) is 3.70. The summed E-state index contributed by atoms with van der Waals surface area (Å²) in [5, 5.41) is 4.29. The van der Waals surface area contributed by atoms with Crippen molar-refractivity contribution in [2.75, 3.05) is 18.1 Å². The maximum absolute atomic E-state index is 5.76. The molecule has 13 heavy (non-hydrogen) atoms. The molecule has 1 aromatic rings. The van der Waals surface area contributed by atoms with Crippen molar-refractivity contribution in [1.29, 1.82) is 0 Å². The number of hydrogen-bond donors (Lipinski definition) is 1. The SMILES string of the molecule is CSC(C)CCNc1nsnc1Cl. The number of nitrogens with one attached hydrogen (secondary N) is 1. The van der Waals surface area contributed by atoms with E-state index >= 15 is 0 Å². The van der Waals surface area contributed by atoms with Crippen LogP contribution >= 0.6 is 35.1 Å². The fraction of sp³-hybridized carbons (Fsp3) is 0.714. The molecule has 1 aromatic heterocycles. The highest BCUT2D eigenvalue weighted by molar-refractivity contribution is 7.99. The Morgan fingerprint density at radius 2 is 2.38 bits per heavy atom. The first kappa shape index (κ1) is 11.1. The first-order valence-electron chi connectivity index (χ1n) is 3.98. The number of halogens is 1. The van der Waals surface area contributed by atoms with Gasteiger partial charge in [0.1, 0.15) is 0 Å². The average Bonchev–Trinajstić information content (AvgIpc) is 2.52. The van der Waals surface area contributed by atoms with Crippen molar-refractivity contribution in [1.82, 2.24) is 8.75 Å². The molecule has 1 heterocycles. The summed E-state index contributed by atoms with van der Waals surface area (Å²) in [7, 11) is 0. The molecule has 1 atom stereocenters. The minimum absolute atomic E-state index is 0.474. The van der Waals surface area contributed by atoms with E-state index in [-0.39, 0.29) is 0 Å². The number of anilines is 1. The lowest BCUT2D eigenvalue weighted by Crippen LogP contribution is -2.07. The molecule has 0 fully saturated rings. The van der Waals surface area contributed by atoms with Crippen LogP contribution in [0.3, 0.4) is 0 Å². The summed E-state index contributed by atoms with van der Waals surface area (Å²) >= 11 is 8.75. The van der Waals surface area contributed by atoms with Gasteiger partial charge in [-0.25, -0.2) is 0 Å². The molecule has 0 saturated heterocycles. The van der Waals surface area contributed by atoms with Gasteiger partial charge in [-0.15, -0.1) is 0 Å². The molecule has 0 aliphatic rings. The molecule has 1 unspecified atom stereocenters. The molecule has 0 radical (unpaired) electrons. The summed E-state index contributed by atoms with van der Waals surface area (Å²) in [5.41, 5.74) is 0. The summed E-state index contributed by atoms with van der Waals surface area (Å²) in [6, 6.07) is 0.